The molecule has 0 fully saturated rings. The van der Waals surface area contributed by atoms with E-state index in [2.05, 4.69) is 58.0 Å². The molecular weight excluding hydrogens is 475 g/mol. The average Bonchev–Trinajstić information content (AvgIpc) is 2.78. The molecule has 2 nitrogen and oxygen atoms in total. The fraction of sp³-hybridized carbons (Fsp3) is 0.778. The zero-order chi connectivity index (χ0) is 21.9. The van der Waals surface area contributed by atoms with Gasteiger partial charge < -0.3 is 0 Å². The molecule has 0 spiro atoms. The summed E-state index contributed by atoms with van der Waals surface area (Å²) in [5.41, 5.74) is 1.23. The second-order valence-electron chi connectivity index (χ2n) is 9.13. The summed E-state index contributed by atoms with van der Waals surface area (Å²) in [7, 11) is 0. The van der Waals surface area contributed by atoms with Gasteiger partial charge in [-0.3, -0.25) is 0 Å². The van der Waals surface area contributed by atoms with Gasteiger partial charge in [-0.05, 0) is 0 Å². The molecule has 0 unspecified atom stereocenters. The first-order valence-electron chi connectivity index (χ1n) is 13.0. The van der Waals surface area contributed by atoms with Crippen LogP contribution in [0.3, 0.4) is 0 Å². The van der Waals surface area contributed by atoms with Gasteiger partial charge >= 0.3 is 193 Å². The molecule has 0 amide bonds. The van der Waals surface area contributed by atoms with Crippen molar-refractivity contribution in [2.24, 2.45) is 0 Å². The number of hydrogen-bond acceptors (Lipinski definition) is 2. The predicted molar refractivity (Wildman–Crippen MR) is 135 cm³/mol. The van der Waals surface area contributed by atoms with E-state index < -0.39 is 18.4 Å². The molecular formula is C27H50O2Sn. The Kier molecular flexibility index (Phi) is 17.3. The Bertz CT molecular complexity index is 469. The number of unbranched alkanes of at least 4 members (excludes halogenated alkanes) is 6. The van der Waals surface area contributed by atoms with E-state index in [0.29, 0.717) is 17.5 Å². The van der Waals surface area contributed by atoms with Crippen LogP contribution in [-0.4, -0.2) is 29.3 Å². The van der Waals surface area contributed by atoms with Gasteiger partial charge in [0.05, 0.1) is 0 Å². The van der Waals surface area contributed by atoms with Crippen LogP contribution < -0.4 is 0 Å². The molecule has 0 heterocycles. The summed E-state index contributed by atoms with van der Waals surface area (Å²) in [5.74, 6) is 0. The molecule has 0 aliphatic rings. The normalized spacial score (nSPS) is 12.9. The fourth-order valence-electron chi connectivity index (χ4n) is 4.63. The average molecular weight is 525 g/mol. The second-order valence-corrected chi connectivity index (χ2v) is 23.0. The van der Waals surface area contributed by atoms with Crippen LogP contribution in [0.15, 0.2) is 30.3 Å². The van der Waals surface area contributed by atoms with Crippen LogP contribution in [0.2, 0.25) is 13.3 Å². The summed E-state index contributed by atoms with van der Waals surface area (Å²) in [5, 5.41) is 0. The Balaban J connectivity index is 2.82. The molecule has 0 aromatic heterocycles. The van der Waals surface area contributed by atoms with E-state index in [0.717, 1.165) is 0 Å². The standard InChI is InChI=1S/C15H23O2.3C4H9.Sn/c1-2-3-4-5-9-12-16-14-17-13-15-10-7-6-8-11-15;3*1-3-4-2;/h6-8,10-12H,2-5,9,13-14H2,1H3;3*1,3-4H2,2H3;. The zero-order valence-corrected chi connectivity index (χ0v) is 23.4. The minimum atomic E-state index is -2.40. The van der Waals surface area contributed by atoms with E-state index >= 15 is 0 Å². The van der Waals surface area contributed by atoms with Gasteiger partial charge in [-0.2, -0.15) is 0 Å². The van der Waals surface area contributed by atoms with Crippen molar-refractivity contribution in [2.75, 3.05) is 6.79 Å². The van der Waals surface area contributed by atoms with E-state index in [1.807, 2.05) is 0 Å². The van der Waals surface area contributed by atoms with Crippen LogP contribution in [0, 0.1) is 0 Å². The van der Waals surface area contributed by atoms with Crippen molar-refractivity contribution >= 4 is 18.4 Å². The monoisotopic (exact) mass is 526 g/mol. The summed E-state index contributed by atoms with van der Waals surface area (Å²) in [6.45, 7) is 10.5. The van der Waals surface area contributed by atoms with Gasteiger partial charge in [0, 0.05) is 0 Å². The van der Waals surface area contributed by atoms with Gasteiger partial charge in [0.25, 0.3) is 0 Å². The Hall–Kier alpha value is -0.0613. The molecule has 174 valence electrons. The van der Waals surface area contributed by atoms with E-state index in [-0.39, 0.29) is 0 Å². The van der Waals surface area contributed by atoms with Crippen LogP contribution >= 0.6 is 0 Å². The molecule has 30 heavy (non-hydrogen) atoms. The molecule has 0 aliphatic heterocycles. The first kappa shape index (κ1) is 28.0. The topological polar surface area (TPSA) is 18.5 Å². The van der Waals surface area contributed by atoms with Crippen molar-refractivity contribution in [3.63, 3.8) is 0 Å². The number of benzene rings is 1. The van der Waals surface area contributed by atoms with E-state index in [1.54, 1.807) is 0 Å². The summed E-state index contributed by atoms with van der Waals surface area (Å²) >= 11 is -2.40. The van der Waals surface area contributed by atoms with Gasteiger partial charge in [-0.1, -0.05) is 0 Å². The van der Waals surface area contributed by atoms with Crippen molar-refractivity contribution in [3.8, 4) is 0 Å². The van der Waals surface area contributed by atoms with Crippen molar-refractivity contribution in [3.05, 3.63) is 35.9 Å². The van der Waals surface area contributed by atoms with E-state index in [1.165, 1.54) is 89.5 Å². The molecule has 0 aliphatic carbocycles. The molecule has 0 radical (unpaired) electrons. The summed E-state index contributed by atoms with van der Waals surface area (Å²) < 4.78 is 17.8. The molecule has 3 heteroatoms. The van der Waals surface area contributed by atoms with Crippen molar-refractivity contribution in [2.45, 2.75) is 122 Å². The summed E-state index contributed by atoms with van der Waals surface area (Å²) in [4.78, 5) is 0. The van der Waals surface area contributed by atoms with Crippen LogP contribution in [0.25, 0.3) is 0 Å². The Labute approximate surface area is 192 Å². The number of hydrogen-bond donors (Lipinski definition) is 0. The predicted octanol–water partition coefficient (Wildman–Crippen LogP) is 8.90. The van der Waals surface area contributed by atoms with Gasteiger partial charge in [-0.15, -0.1) is 0 Å². The minimum absolute atomic E-state index is 0.469. The third-order valence-electron chi connectivity index (χ3n) is 6.55. The quantitative estimate of drug-likeness (QED) is 0.0962. The van der Waals surface area contributed by atoms with Crippen LogP contribution in [-0.2, 0) is 16.1 Å². The van der Waals surface area contributed by atoms with Crippen molar-refractivity contribution in [1.29, 1.82) is 0 Å². The SMILES string of the molecule is CCCCCC[C@@H](OCOCc1ccccc1)[Sn]([CH2]CCC)([CH2]CCC)[CH2]CCC. The maximum absolute atomic E-state index is 6.67. The first-order valence-corrected chi connectivity index (χ1v) is 20.7. The number of rotatable bonds is 20. The molecule has 1 aromatic carbocycles. The Morgan fingerprint density at radius 1 is 0.700 bits per heavy atom. The Morgan fingerprint density at radius 3 is 1.80 bits per heavy atom. The molecule has 1 rings (SSSR count). The van der Waals surface area contributed by atoms with E-state index in [9.17, 15) is 0 Å². The third kappa shape index (κ3) is 11.5. The molecule has 0 saturated heterocycles. The van der Waals surface area contributed by atoms with Gasteiger partial charge in [0.15, 0.2) is 0 Å². The molecule has 1 atom stereocenters. The fourth-order valence-corrected chi connectivity index (χ4v) is 22.1. The van der Waals surface area contributed by atoms with Crippen molar-refractivity contribution in [1.82, 2.24) is 0 Å². The first-order chi connectivity index (χ1) is 14.7. The zero-order valence-electron chi connectivity index (χ0n) is 20.6. The molecule has 1 aromatic rings. The van der Waals surface area contributed by atoms with Crippen LogP contribution in [0.5, 0.6) is 0 Å². The van der Waals surface area contributed by atoms with Gasteiger partial charge in [0.1, 0.15) is 0 Å². The number of ether oxygens (including phenoxy) is 2. The van der Waals surface area contributed by atoms with Gasteiger partial charge in [-0.25, -0.2) is 0 Å². The van der Waals surface area contributed by atoms with Gasteiger partial charge in [0.2, 0.25) is 0 Å². The molecule has 0 N–H and O–H groups in total. The second kappa shape index (κ2) is 18.5. The van der Waals surface area contributed by atoms with E-state index in [4.69, 9.17) is 9.47 Å². The third-order valence-corrected chi connectivity index (χ3v) is 23.3. The van der Waals surface area contributed by atoms with Crippen LogP contribution in [0.1, 0.15) is 104 Å². The molecule has 0 saturated carbocycles. The van der Waals surface area contributed by atoms with Crippen LogP contribution in [0.4, 0.5) is 0 Å². The summed E-state index contributed by atoms with van der Waals surface area (Å²) in [6, 6.07) is 10.5. The van der Waals surface area contributed by atoms with Crippen molar-refractivity contribution < 1.29 is 9.47 Å². The summed E-state index contributed by atoms with van der Waals surface area (Å²) in [6.07, 6.45) is 14.8. The molecule has 0 bridgehead atoms. The maximum atomic E-state index is 6.67. The Morgan fingerprint density at radius 2 is 1.27 bits per heavy atom.